The molecule has 1 heterocycles. The van der Waals surface area contributed by atoms with Gasteiger partial charge in [-0.1, -0.05) is 62.4 Å². The van der Waals surface area contributed by atoms with Gasteiger partial charge in [0.1, 0.15) is 6.61 Å². The Hall–Kier alpha value is -4.07. The van der Waals surface area contributed by atoms with Crippen LogP contribution in [-0.2, 0) is 9.53 Å². The minimum absolute atomic E-state index is 0.0817. The predicted molar refractivity (Wildman–Crippen MR) is 126 cm³/mol. The first-order valence-electron chi connectivity index (χ1n) is 10.9. The molecule has 3 aromatic rings. The quantitative estimate of drug-likeness (QED) is 0.440. The van der Waals surface area contributed by atoms with Crippen LogP contribution in [0.25, 0.3) is 11.1 Å². The molecule has 34 heavy (non-hydrogen) atoms. The van der Waals surface area contributed by atoms with Crippen molar-refractivity contribution < 1.29 is 28.6 Å². The van der Waals surface area contributed by atoms with Gasteiger partial charge in [0.2, 0.25) is 5.76 Å². The van der Waals surface area contributed by atoms with E-state index in [0.29, 0.717) is 0 Å². The van der Waals surface area contributed by atoms with Gasteiger partial charge in [0.25, 0.3) is 5.91 Å². The summed E-state index contributed by atoms with van der Waals surface area (Å²) >= 11 is 0. The second-order valence-corrected chi connectivity index (χ2v) is 9.03. The van der Waals surface area contributed by atoms with Crippen molar-refractivity contribution in [1.82, 2.24) is 5.32 Å². The summed E-state index contributed by atoms with van der Waals surface area (Å²) in [4.78, 5) is 36.0. The second-order valence-electron chi connectivity index (χ2n) is 9.03. The number of fused-ring (bicyclic) bond motifs is 3. The van der Waals surface area contributed by atoms with Crippen molar-refractivity contribution >= 4 is 23.7 Å². The molecule has 8 nitrogen and oxygen atoms in total. The van der Waals surface area contributed by atoms with Crippen LogP contribution in [0.2, 0.25) is 0 Å². The third-order valence-corrected chi connectivity index (χ3v) is 5.81. The van der Waals surface area contributed by atoms with Gasteiger partial charge in [0.05, 0.1) is 18.4 Å². The van der Waals surface area contributed by atoms with Crippen LogP contribution in [0.4, 0.5) is 10.5 Å². The van der Waals surface area contributed by atoms with Crippen LogP contribution in [0.3, 0.4) is 0 Å². The highest BCUT2D eigenvalue weighted by Crippen LogP contribution is 2.44. The Morgan fingerprint density at radius 1 is 1.00 bits per heavy atom. The summed E-state index contributed by atoms with van der Waals surface area (Å²) in [6.07, 6.45) is 0.482. The lowest BCUT2D eigenvalue weighted by atomic mass is 9.89. The van der Waals surface area contributed by atoms with E-state index < -0.39 is 23.4 Å². The largest absolute Gasteiger partial charge is 0.481 e. The van der Waals surface area contributed by atoms with E-state index in [2.05, 4.69) is 22.8 Å². The first kappa shape index (κ1) is 23.1. The molecule has 1 aliphatic carbocycles. The Labute approximate surface area is 196 Å². The molecule has 4 rings (SSSR count). The van der Waals surface area contributed by atoms with Gasteiger partial charge in [-0.3, -0.25) is 14.9 Å². The molecule has 0 aliphatic heterocycles. The molecule has 3 N–H and O–H groups in total. The predicted octanol–water partition coefficient (Wildman–Crippen LogP) is 4.87. The van der Waals surface area contributed by atoms with Gasteiger partial charge in [-0.2, -0.15) is 0 Å². The van der Waals surface area contributed by atoms with Gasteiger partial charge in [0.15, 0.2) is 0 Å². The van der Waals surface area contributed by atoms with E-state index in [9.17, 15) is 14.4 Å². The molecule has 0 atom stereocenters. The number of carboxylic acid groups (broad SMARTS) is 1. The van der Waals surface area contributed by atoms with E-state index in [0.717, 1.165) is 22.3 Å². The second kappa shape index (κ2) is 9.43. The molecule has 0 fully saturated rings. The van der Waals surface area contributed by atoms with Gasteiger partial charge in [0, 0.05) is 18.5 Å². The van der Waals surface area contributed by atoms with E-state index in [4.69, 9.17) is 14.3 Å². The van der Waals surface area contributed by atoms with Crippen molar-refractivity contribution in [3.05, 3.63) is 77.7 Å². The van der Waals surface area contributed by atoms with Crippen molar-refractivity contribution in [3.63, 3.8) is 0 Å². The fourth-order valence-electron chi connectivity index (χ4n) is 4.20. The lowest BCUT2D eigenvalue weighted by Gasteiger charge is -2.22. The van der Waals surface area contributed by atoms with Crippen molar-refractivity contribution in [2.24, 2.45) is 5.41 Å². The van der Waals surface area contributed by atoms with Crippen LogP contribution < -0.4 is 10.6 Å². The average Bonchev–Trinajstić information content (AvgIpc) is 3.38. The highest BCUT2D eigenvalue weighted by molar-refractivity contribution is 6.00. The number of anilines is 1. The Kier molecular flexibility index (Phi) is 6.40. The number of rotatable bonds is 8. The van der Waals surface area contributed by atoms with Gasteiger partial charge < -0.3 is 19.6 Å². The van der Waals surface area contributed by atoms with Gasteiger partial charge in [-0.05, 0) is 27.7 Å². The Morgan fingerprint density at radius 2 is 1.62 bits per heavy atom. The number of benzene rings is 2. The van der Waals surface area contributed by atoms with E-state index >= 15 is 0 Å². The SMILES string of the molecule is CC(C)(CNC(=O)c1occc1NC(=O)OCC1c2ccccc2-c2ccccc21)CC(=O)O. The fraction of sp³-hybridized carbons (Fsp3) is 0.269. The molecule has 0 spiro atoms. The average molecular weight is 463 g/mol. The molecule has 176 valence electrons. The smallest absolute Gasteiger partial charge is 0.411 e. The van der Waals surface area contributed by atoms with Crippen LogP contribution in [0.1, 0.15) is 47.9 Å². The maximum absolute atomic E-state index is 12.5. The van der Waals surface area contributed by atoms with Gasteiger partial charge >= 0.3 is 12.1 Å². The molecule has 0 unspecified atom stereocenters. The van der Waals surface area contributed by atoms with Crippen LogP contribution in [-0.4, -0.2) is 36.2 Å². The third-order valence-electron chi connectivity index (χ3n) is 5.81. The van der Waals surface area contributed by atoms with Crippen molar-refractivity contribution in [3.8, 4) is 11.1 Å². The van der Waals surface area contributed by atoms with Gasteiger partial charge in [-0.15, -0.1) is 0 Å². The molecule has 0 radical (unpaired) electrons. The number of carboxylic acids is 1. The van der Waals surface area contributed by atoms with Crippen molar-refractivity contribution in [2.75, 3.05) is 18.5 Å². The highest BCUT2D eigenvalue weighted by Gasteiger charge is 2.29. The molecule has 1 aromatic heterocycles. The Bertz CT molecular complexity index is 1180. The summed E-state index contributed by atoms with van der Waals surface area (Å²) in [5.74, 6) is -1.67. The molecule has 8 heteroatoms. The first-order valence-corrected chi connectivity index (χ1v) is 10.9. The fourth-order valence-corrected chi connectivity index (χ4v) is 4.20. The molecule has 2 aromatic carbocycles. The van der Waals surface area contributed by atoms with Crippen molar-refractivity contribution in [1.29, 1.82) is 0 Å². The maximum atomic E-state index is 12.5. The number of ether oxygens (including phenoxy) is 1. The summed E-state index contributed by atoms with van der Waals surface area (Å²) in [5, 5.41) is 14.2. The zero-order chi connectivity index (χ0) is 24.3. The molecule has 0 bridgehead atoms. The number of carbonyl (C=O) groups excluding carboxylic acids is 2. The molecule has 2 amide bonds. The summed E-state index contributed by atoms with van der Waals surface area (Å²) in [6.45, 7) is 3.74. The molecule has 0 saturated carbocycles. The van der Waals surface area contributed by atoms with Crippen molar-refractivity contribution in [2.45, 2.75) is 26.2 Å². The number of hydrogen-bond acceptors (Lipinski definition) is 5. The summed E-state index contributed by atoms with van der Waals surface area (Å²) in [5.41, 5.74) is 3.99. The summed E-state index contributed by atoms with van der Waals surface area (Å²) < 4.78 is 10.8. The summed E-state index contributed by atoms with van der Waals surface area (Å²) in [6, 6.07) is 17.5. The third kappa shape index (κ3) is 4.96. The number of nitrogens with one attached hydrogen (secondary N) is 2. The lowest BCUT2D eigenvalue weighted by molar-refractivity contribution is -0.139. The van der Waals surface area contributed by atoms with Gasteiger partial charge in [-0.25, -0.2) is 4.79 Å². The standard InChI is InChI=1S/C26H26N2O6/c1-26(2,13-22(29)30)15-27-24(31)23-21(11-12-33-23)28-25(32)34-14-20-18-9-5-3-7-16(18)17-8-4-6-10-19(17)20/h3-12,20H,13-15H2,1-2H3,(H,27,31)(H,28,32)(H,29,30). The molecular weight excluding hydrogens is 436 g/mol. The monoisotopic (exact) mass is 462 g/mol. The Balaban J connectivity index is 1.38. The number of furan rings is 1. The summed E-state index contributed by atoms with van der Waals surface area (Å²) in [7, 11) is 0. The molecule has 0 saturated heterocycles. The number of aliphatic carboxylic acids is 1. The van der Waals surface area contributed by atoms with E-state index in [1.54, 1.807) is 13.8 Å². The number of hydrogen-bond donors (Lipinski definition) is 3. The van der Waals surface area contributed by atoms with Crippen LogP contribution in [0, 0.1) is 5.41 Å². The zero-order valence-electron chi connectivity index (χ0n) is 19.0. The number of carbonyl (C=O) groups is 3. The van der Waals surface area contributed by atoms with Crippen LogP contribution in [0.15, 0.2) is 65.3 Å². The highest BCUT2D eigenvalue weighted by atomic mass is 16.5. The van der Waals surface area contributed by atoms with E-state index in [1.165, 1.54) is 12.3 Å². The zero-order valence-corrected chi connectivity index (χ0v) is 19.0. The minimum atomic E-state index is -0.949. The van der Waals surface area contributed by atoms with E-state index in [-0.39, 0.29) is 36.9 Å². The lowest BCUT2D eigenvalue weighted by Crippen LogP contribution is -2.35. The topological polar surface area (TPSA) is 118 Å². The van der Waals surface area contributed by atoms with Crippen LogP contribution in [0.5, 0.6) is 0 Å². The Morgan fingerprint density at radius 3 is 2.24 bits per heavy atom. The maximum Gasteiger partial charge on any atom is 0.411 e. The molecular formula is C26H26N2O6. The van der Waals surface area contributed by atoms with E-state index in [1.807, 2.05) is 36.4 Å². The molecule has 1 aliphatic rings. The minimum Gasteiger partial charge on any atom is -0.481 e. The number of amides is 2. The van der Waals surface area contributed by atoms with Crippen LogP contribution >= 0.6 is 0 Å². The normalized spacial score (nSPS) is 12.5. The first-order chi connectivity index (χ1) is 16.2.